The van der Waals surface area contributed by atoms with Gasteiger partial charge in [-0.25, -0.2) is 4.39 Å². The van der Waals surface area contributed by atoms with Crippen molar-refractivity contribution in [2.75, 3.05) is 6.61 Å². The average molecular weight is 313 g/mol. The van der Waals surface area contributed by atoms with Gasteiger partial charge in [0, 0.05) is 11.6 Å². The Kier molecular flexibility index (Phi) is 5.92. The number of carbonyl (C=O) groups excluding carboxylic acids is 1. The first-order valence-electron chi connectivity index (χ1n) is 7.56. The van der Waals surface area contributed by atoms with Crippen LogP contribution in [0.5, 0.6) is 5.75 Å². The van der Waals surface area contributed by atoms with Crippen LogP contribution < -0.4 is 10.1 Å². The summed E-state index contributed by atoms with van der Waals surface area (Å²) >= 11 is 0. The Bertz CT molecular complexity index is 680. The van der Waals surface area contributed by atoms with Crippen molar-refractivity contribution < 1.29 is 13.9 Å². The molecule has 0 aromatic heterocycles. The fourth-order valence-corrected chi connectivity index (χ4v) is 2.14. The molecule has 1 amide bonds. The highest BCUT2D eigenvalue weighted by atomic mass is 19.1. The normalized spacial score (nSPS) is 12.1. The molecule has 0 aliphatic heterocycles. The van der Waals surface area contributed by atoms with Crippen molar-refractivity contribution in [1.82, 2.24) is 5.32 Å². The Morgan fingerprint density at radius 3 is 2.57 bits per heavy atom. The molecule has 0 saturated carbocycles. The maximum Gasteiger partial charge on any atom is 0.244 e. The highest BCUT2D eigenvalue weighted by Gasteiger charge is 2.08. The molecule has 1 N–H and O–H groups in total. The standard InChI is InChI=1S/C19H20FNO2/c1-3-23-17-11-8-15(9-12-17)14(2)21-19(22)13-10-16-6-4-5-7-18(16)20/h4-14H,3H2,1-2H3,(H,21,22)/b13-10+. The van der Waals surface area contributed by atoms with Crippen LogP contribution in [0.15, 0.2) is 54.6 Å². The van der Waals surface area contributed by atoms with E-state index >= 15 is 0 Å². The van der Waals surface area contributed by atoms with Crippen molar-refractivity contribution in [1.29, 1.82) is 0 Å². The van der Waals surface area contributed by atoms with Crippen LogP contribution in [0.25, 0.3) is 6.08 Å². The lowest BCUT2D eigenvalue weighted by Crippen LogP contribution is -2.24. The number of hydrogen-bond acceptors (Lipinski definition) is 2. The van der Waals surface area contributed by atoms with E-state index in [0.717, 1.165) is 11.3 Å². The number of benzene rings is 2. The van der Waals surface area contributed by atoms with Crippen LogP contribution in [0, 0.1) is 5.82 Å². The molecule has 0 fully saturated rings. The van der Waals surface area contributed by atoms with E-state index in [2.05, 4.69) is 5.32 Å². The maximum absolute atomic E-state index is 13.5. The number of ether oxygens (including phenoxy) is 1. The first-order valence-corrected chi connectivity index (χ1v) is 7.56. The lowest BCUT2D eigenvalue weighted by molar-refractivity contribution is -0.117. The van der Waals surface area contributed by atoms with E-state index in [1.54, 1.807) is 18.2 Å². The molecule has 4 heteroatoms. The Hall–Kier alpha value is -2.62. The van der Waals surface area contributed by atoms with E-state index in [0.29, 0.717) is 12.2 Å². The van der Waals surface area contributed by atoms with Gasteiger partial charge in [-0.05, 0) is 43.7 Å². The van der Waals surface area contributed by atoms with E-state index in [4.69, 9.17) is 4.74 Å². The summed E-state index contributed by atoms with van der Waals surface area (Å²) in [5.41, 5.74) is 1.36. The Labute approximate surface area is 135 Å². The van der Waals surface area contributed by atoms with Gasteiger partial charge in [-0.1, -0.05) is 30.3 Å². The molecule has 1 atom stereocenters. The van der Waals surface area contributed by atoms with Crippen LogP contribution in [0.1, 0.15) is 31.0 Å². The van der Waals surface area contributed by atoms with Gasteiger partial charge >= 0.3 is 0 Å². The summed E-state index contributed by atoms with van der Waals surface area (Å²) in [4.78, 5) is 11.9. The second-order valence-corrected chi connectivity index (χ2v) is 5.09. The second-order valence-electron chi connectivity index (χ2n) is 5.09. The summed E-state index contributed by atoms with van der Waals surface area (Å²) in [5, 5.41) is 2.85. The summed E-state index contributed by atoms with van der Waals surface area (Å²) in [6.45, 7) is 4.44. The Balaban J connectivity index is 1.95. The summed E-state index contributed by atoms with van der Waals surface area (Å²) in [5.74, 6) is 0.181. The van der Waals surface area contributed by atoms with E-state index in [1.165, 1.54) is 18.2 Å². The van der Waals surface area contributed by atoms with Crippen LogP contribution in [0.4, 0.5) is 4.39 Å². The van der Waals surface area contributed by atoms with Gasteiger partial charge in [0.05, 0.1) is 12.6 Å². The molecule has 0 heterocycles. The predicted octanol–water partition coefficient (Wildman–Crippen LogP) is 4.12. The summed E-state index contributed by atoms with van der Waals surface area (Å²) in [7, 11) is 0. The molecule has 2 aromatic carbocycles. The highest BCUT2D eigenvalue weighted by molar-refractivity contribution is 5.92. The van der Waals surface area contributed by atoms with E-state index in [1.807, 2.05) is 38.1 Å². The third-order valence-electron chi connectivity index (χ3n) is 3.37. The monoisotopic (exact) mass is 313 g/mol. The average Bonchev–Trinajstić information content (AvgIpc) is 2.55. The van der Waals surface area contributed by atoms with Crippen molar-refractivity contribution >= 4 is 12.0 Å². The molecule has 120 valence electrons. The first-order chi connectivity index (χ1) is 11.1. The lowest BCUT2D eigenvalue weighted by atomic mass is 10.1. The van der Waals surface area contributed by atoms with Gasteiger partial charge in [-0.15, -0.1) is 0 Å². The zero-order chi connectivity index (χ0) is 16.7. The SMILES string of the molecule is CCOc1ccc(C(C)NC(=O)/C=C/c2ccccc2F)cc1. The van der Waals surface area contributed by atoms with Gasteiger partial charge in [0.15, 0.2) is 0 Å². The van der Waals surface area contributed by atoms with E-state index in [9.17, 15) is 9.18 Å². The molecule has 1 unspecified atom stereocenters. The molecule has 0 spiro atoms. The zero-order valence-electron chi connectivity index (χ0n) is 13.3. The molecule has 0 saturated heterocycles. The third kappa shape index (κ3) is 4.95. The van der Waals surface area contributed by atoms with Gasteiger partial charge in [0.1, 0.15) is 11.6 Å². The van der Waals surface area contributed by atoms with Crippen molar-refractivity contribution in [3.63, 3.8) is 0 Å². The molecule has 0 aliphatic carbocycles. The minimum Gasteiger partial charge on any atom is -0.494 e. The second kappa shape index (κ2) is 8.13. The van der Waals surface area contributed by atoms with Gasteiger partial charge in [0.25, 0.3) is 0 Å². The molecule has 0 aliphatic rings. The number of hydrogen-bond donors (Lipinski definition) is 1. The minimum absolute atomic E-state index is 0.150. The molecular weight excluding hydrogens is 293 g/mol. The van der Waals surface area contributed by atoms with Crippen LogP contribution >= 0.6 is 0 Å². The fourth-order valence-electron chi connectivity index (χ4n) is 2.14. The Morgan fingerprint density at radius 2 is 1.91 bits per heavy atom. The largest absolute Gasteiger partial charge is 0.494 e. The molecule has 2 aromatic rings. The van der Waals surface area contributed by atoms with Gasteiger partial charge in [0.2, 0.25) is 5.91 Å². The van der Waals surface area contributed by atoms with E-state index < -0.39 is 0 Å². The van der Waals surface area contributed by atoms with Crippen molar-refractivity contribution in [2.45, 2.75) is 19.9 Å². The Morgan fingerprint density at radius 1 is 1.22 bits per heavy atom. The van der Waals surface area contributed by atoms with Crippen LogP contribution in [0.3, 0.4) is 0 Å². The van der Waals surface area contributed by atoms with Crippen molar-refractivity contribution in [2.24, 2.45) is 0 Å². The summed E-state index contributed by atoms with van der Waals surface area (Å²) < 4.78 is 18.9. The topological polar surface area (TPSA) is 38.3 Å². The number of amides is 1. The highest BCUT2D eigenvalue weighted by Crippen LogP contribution is 2.17. The van der Waals surface area contributed by atoms with E-state index in [-0.39, 0.29) is 17.8 Å². The third-order valence-corrected chi connectivity index (χ3v) is 3.37. The minimum atomic E-state index is -0.351. The molecule has 3 nitrogen and oxygen atoms in total. The van der Waals surface area contributed by atoms with Crippen LogP contribution in [0.2, 0.25) is 0 Å². The van der Waals surface area contributed by atoms with Crippen LogP contribution in [-0.4, -0.2) is 12.5 Å². The van der Waals surface area contributed by atoms with Gasteiger partial charge in [-0.2, -0.15) is 0 Å². The smallest absolute Gasteiger partial charge is 0.244 e. The zero-order valence-corrected chi connectivity index (χ0v) is 13.3. The molecule has 23 heavy (non-hydrogen) atoms. The number of rotatable bonds is 6. The number of nitrogens with one attached hydrogen (secondary N) is 1. The molecule has 0 radical (unpaired) electrons. The first kappa shape index (κ1) is 16.7. The number of halogens is 1. The molecular formula is C19H20FNO2. The van der Waals surface area contributed by atoms with Gasteiger partial charge in [-0.3, -0.25) is 4.79 Å². The van der Waals surface area contributed by atoms with Crippen LogP contribution in [-0.2, 0) is 4.79 Å². The predicted molar refractivity (Wildman–Crippen MR) is 89.6 cm³/mol. The van der Waals surface area contributed by atoms with Gasteiger partial charge < -0.3 is 10.1 Å². The quantitative estimate of drug-likeness (QED) is 0.815. The maximum atomic E-state index is 13.5. The lowest BCUT2D eigenvalue weighted by Gasteiger charge is -2.13. The fraction of sp³-hybridized carbons (Fsp3) is 0.211. The number of carbonyl (C=O) groups is 1. The molecule has 2 rings (SSSR count). The molecule has 0 bridgehead atoms. The summed E-state index contributed by atoms with van der Waals surface area (Å²) in [6, 6.07) is 13.7. The summed E-state index contributed by atoms with van der Waals surface area (Å²) in [6.07, 6.45) is 2.80. The van der Waals surface area contributed by atoms with Crippen molar-refractivity contribution in [3.05, 3.63) is 71.6 Å². The van der Waals surface area contributed by atoms with Crippen molar-refractivity contribution in [3.8, 4) is 5.75 Å².